The van der Waals surface area contributed by atoms with Crippen LogP contribution in [0.25, 0.3) is 10.9 Å². The summed E-state index contributed by atoms with van der Waals surface area (Å²) in [7, 11) is 3.08. The summed E-state index contributed by atoms with van der Waals surface area (Å²) in [5.41, 5.74) is 5.26. The number of hydrogen-bond donors (Lipinski definition) is 2. The van der Waals surface area contributed by atoms with E-state index in [-0.39, 0.29) is 11.8 Å². The van der Waals surface area contributed by atoms with Crippen LogP contribution in [0.2, 0.25) is 0 Å². The molecule has 2 aliphatic heterocycles. The summed E-state index contributed by atoms with van der Waals surface area (Å²) < 4.78 is 11.1. The van der Waals surface area contributed by atoms with Crippen molar-refractivity contribution >= 4 is 22.7 Å². The molecule has 2 aliphatic rings. The lowest BCUT2D eigenvalue weighted by molar-refractivity contribution is -0.126. The summed E-state index contributed by atoms with van der Waals surface area (Å²) in [5.74, 6) is 0.471. The van der Waals surface area contributed by atoms with E-state index in [9.17, 15) is 9.59 Å². The third-order valence-corrected chi connectivity index (χ3v) is 7.06. The van der Waals surface area contributed by atoms with Crippen LogP contribution in [0.5, 0.6) is 11.5 Å². The Morgan fingerprint density at radius 3 is 2.57 bits per heavy atom. The SMILES string of the molecule is COc1ccc2c(c1OC)C(=O)N1[C@H]2c2[nH]c3ccccc3c2C[C@@H]1C(=O)NCc1ccccc1. The molecule has 0 unspecified atom stereocenters. The number of carbonyl (C=O) groups is 2. The van der Waals surface area contributed by atoms with Gasteiger partial charge in [0.2, 0.25) is 5.91 Å². The first kappa shape index (κ1) is 21.3. The number of aromatic amines is 1. The Bertz CT molecular complexity index is 1460. The fraction of sp³-hybridized carbons (Fsp3) is 0.214. The van der Waals surface area contributed by atoms with Gasteiger partial charge in [-0.25, -0.2) is 0 Å². The highest BCUT2D eigenvalue weighted by Gasteiger charge is 2.50. The Balaban J connectivity index is 1.47. The van der Waals surface area contributed by atoms with E-state index >= 15 is 0 Å². The van der Waals surface area contributed by atoms with Crippen LogP contribution in [-0.2, 0) is 17.8 Å². The molecular formula is C28H25N3O4. The van der Waals surface area contributed by atoms with Crippen molar-refractivity contribution in [1.82, 2.24) is 15.2 Å². The number of amides is 2. The minimum atomic E-state index is -0.661. The third-order valence-electron chi connectivity index (χ3n) is 7.06. The molecule has 6 rings (SSSR count). The molecular weight excluding hydrogens is 442 g/mol. The molecule has 0 bridgehead atoms. The Morgan fingerprint density at radius 1 is 1.03 bits per heavy atom. The van der Waals surface area contributed by atoms with Crippen molar-refractivity contribution in [1.29, 1.82) is 0 Å². The van der Waals surface area contributed by atoms with Crippen LogP contribution in [0.15, 0.2) is 66.7 Å². The topological polar surface area (TPSA) is 83.7 Å². The number of aromatic nitrogens is 1. The molecule has 176 valence electrons. The van der Waals surface area contributed by atoms with E-state index in [0.29, 0.717) is 30.0 Å². The number of hydrogen-bond acceptors (Lipinski definition) is 4. The standard InChI is InChI=1S/C28H25N3O4/c1-34-22-13-12-18-23(26(22)35-2)28(33)31-21(27(32)29-15-16-8-4-3-5-9-16)14-19-17-10-6-7-11-20(17)30-24(19)25(18)31/h3-13,21,25,30H,14-15H2,1-2H3,(H,29,32)/t21-,25-/m1/s1. The quantitative estimate of drug-likeness (QED) is 0.465. The molecule has 7 nitrogen and oxygen atoms in total. The van der Waals surface area contributed by atoms with Crippen molar-refractivity contribution in [2.75, 3.05) is 14.2 Å². The fourth-order valence-corrected chi connectivity index (χ4v) is 5.49. The number of ether oxygens (including phenoxy) is 2. The monoisotopic (exact) mass is 467 g/mol. The van der Waals surface area contributed by atoms with Gasteiger partial charge in [0.1, 0.15) is 6.04 Å². The van der Waals surface area contributed by atoms with Gasteiger partial charge in [0, 0.05) is 29.6 Å². The van der Waals surface area contributed by atoms with Gasteiger partial charge in [-0.2, -0.15) is 0 Å². The third kappa shape index (κ3) is 3.19. The van der Waals surface area contributed by atoms with Crippen LogP contribution in [0.3, 0.4) is 0 Å². The minimum Gasteiger partial charge on any atom is -0.493 e. The summed E-state index contributed by atoms with van der Waals surface area (Å²) in [4.78, 5) is 32.7. The largest absolute Gasteiger partial charge is 0.493 e. The van der Waals surface area contributed by atoms with Gasteiger partial charge in [0.05, 0.1) is 25.8 Å². The maximum Gasteiger partial charge on any atom is 0.259 e. The molecule has 0 saturated carbocycles. The fourth-order valence-electron chi connectivity index (χ4n) is 5.49. The van der Waals surface area contributed by atoms with Crippen LogP contribution < -0.4 is 14.8 Å². The Kier molecular flexibility index (Phi) is 4.99. The molecule has 1 aromatic heterocycles. The van der Waals surface area contributed by atoms with Gasteiger partial charge in [-0.05, 0) is 28.8 Å². The molecule has 7 heteroatoms. The Hall–Kier alpha value is -4.26. The number of para-hydroxylation sites is 1. The van der Waals surface area contributed by atoms with E-state index in [1.54, 1.807) is 12.0 Å². The van der Waals surface area contributed by atoms with Crippen molar-refractivity contribution in [2.24, 2.45) is 0 Å². The van der Waals surface area contributed by atoms with Gasteiger partial charge in [-0.15, -0.1) is 0 Å². The first-order valence-electron chi connectivity index (χ1n) is 11.6. The van der Waals surface area contributed by atoms with Crippen molar-refractivity contribution in [2.45, 2.75) is 25.0 Å². The molecule has 0 saturated heterocycles. The smallest absolute Gasteiger partial charge is 0.259 e. The van der Waals surface area contributed by atoms with Crippen molar-refractivity contribution in [3.05, 3.63) is 94.7 Å². The van der Waals surface area contributed by atoms with Gasteiger partial charge >= 0.3 is 0 Å². The highest BCUT2D eigenvalue weighted by atomic mass is 16.5. The predicted molar refractivity (Wildman–Crippen MR) is 132 cm³/mol. The van der Waals surface area contributed by atoms with Crippen molar-refractivity contribution in [3.8, 4) is 11.5 Å². The van der Waals surface area contributed by atoms with Gasteiger partial charge in [0.15, 0.2) is 11.5 Å². The minimum absolute atomic E-state index is 0.179. The summed E-state index contributed by atoms with van der Waals surface area (Å²) in [6, 6.07) is 20.5. The van der Waals surface area contributed by atoms with Gasteiger partial charge in [0.25, 0.3) is 5.91 Å². The number of nitrogens with zero attached hydrogens (tertiary/aromatic N) is 1. The molecule has 0 spiro atoms. The second kappa shape index (κ2) is 8.20. The van der Waals surface area contributed by atoms with Crippen LogP contribution in [-0.4, -0.2) is 42.0 Å². The first-order valence-corrected chi connectivity index (χ1v) is 11.6. The zero-order valence-corrected chi connectivity index (χ0v) is 19.5. The number of benzene rings is 3. The highest BCUT2D eigenvalue weighted by molar-refractivity contribution is 6.06. The van der Waals surface area contributed by atoms with Crippen molar-refractivity contribution < 1.29 is 19.1 Å². The molecule has 35 heavy (non-hydrogen) atoms. The molecule has 0 fully saturated rings. The molecule has 3 aromatic carbocycles. The average molecular weight is 468 g/mol. The number of rotatable bonds is 5. The lowest BCUT2D eigenvalue weighted by Crippen LogP contribution is -2.52. The Morgan fingerprint density at radius 2 is 1.80 bits per heavy atom. The van der Waals surface area contributed by atoms with E-state index < -0.39 is 12.1 Å². The number of H-pyrrole nitrogens is 1. The maximum absolute atomic E-state index is 13.9. The second-order valence-electron chi connectivity index (χ2n) is 8.87. The average Bonchev–Trinajstić information content (AvgIpc) is 3.42. The lowest BCUT2D eigenvalue weighted by Gasteiger charge is -2.37. The normalized spacial score (nSPS) is 18.1. The zero-order chi connectivity index (χ0) is 24.1. The first-order chi connectivity index (χ1) is 17.1. The number of carbonyl (C=O) groups excluding carboxylic acids is 2. The van der Waals surface area contributed by atoms with Crippen LogP contribution >= 0.6 is 0 Å². The van der Waals surface area contributed by atoms with Crippen LogP contribution in [0.4, 0.5) is 0 Å². The van der Waals surface area contributed by atoms with Gasteiger partial charge in [-0.1, -0.05) is 54.6 Å². The molecule has 0 aliphatic carbocycles. The number of methoxy groups -OCH3 is 2. The van der Waals surface area contributed by atoms with Crippen molar-refractivity contribution in [3.63, 3.8) is 0 Å². The lowest BCUT2D eigenvalue weighted by atomic mass is 9.89. The van der Waals surface area contributed by atoms with Crippen LogP contribution in [0.1, 0.15) is 38.8 Å². The van der Waals surface area contributed by atoms with Crippen LogP contribution in [0, 0.1) is 0 Å². The number of nitrogens with one attached hydrogen (secondary N) is 2. The molecule has 0 radical (unpaired) electrons. The summed E-state index contributed by atoms with van der Waals surface area (Å²) in [6.45, 7) is 0.397. The Labute approximate surface area is 202 Å². The highest BCUT2D eigenvalue weighted by Crippen LogP contribution is 2.50. The molecule has 2 amide bonds. The summed E-state index contributed by atoms with van der Waals surface area (Å²) in [6.07, 6.45) is 0.426. The predicted octanol–water partition coefficient (Wildman–Crippen LogP) is 3.97. The van der Waals surface area contributed by atoms with E-state index in [1.165, 1.54) is 7.11 Å². The van der Waals surface area contributed by atoms with Gasteiger partial charge in [-0.3, -0.25) is 9.59 Å². The summed E-state index contributed by atoms with van der Waals surface area (Å²) >= 11 is 0. The number of fused-ring (bicyclic) bond motifs is 7. The molecule has 2 N–H and O–H groups in total. The van der Waals surface area contributed by atoms with E-state index in [1.807, 2.05) is 60.7 Å². The van der Waals surface area contributed by atoms with Gasteiger partial charge < -0.3 is 24.7 Å². The molecule has 3 heterocycles. The molecule has 2 atom stereocenters. The van der Waals surface area contributed by atoms with E-state index in [2.05, 4.69) is 16.4 Å². The second-order valence-corrected chi connectivity index (χ2v) is 8.87. The van der Waals surface area contributed by atoms with E-state index in [4.69, 9.17) is 9.47 Å². The molecule has 4 aromatic rings. The maximum atomic E-state index is 13.9. The zero-order valence-electron chi connectivity index (χ0n) is 19.5. The summed E-state index contributed by atoms with van der Waals surface area (Å²) in [5, 5.41) is 4.13. The van der Waals surface area contributed by atoms with E-state index in [0.717, 1.165) is 33.3 Å².